The van der Waals surface area contributed by atoms with Crippen molar-refractivity contribution >= 4 is 21.8 Å². The van der Waals surface area contributed by atoms with Crippen molar-refractivity contribution in [2.24, 2.45) is 0 Å². The molecular weight excluding hydrogens is 576 g/mol. The quantitative estimate of drug-likeness (QED) is 0.196. The van der Waals surface area contributed by atoms with Gasteiger partial charge in [0.1, 0.15) is 0 Å². The van der Waals surface area contributed by atoms with Gasteiger partial charge in [0.25, 0.3) is 0 Å². The molecule has 0 bridgehead atoms. The maximum absolute atomic E-state index is 9.55. The van der Waals surface area contributed by atoms with E-state index in [1.807, 2.05) is 84.9 Å². The fourth-order valence-corrected chi connectivity index (χ4v) is 6.06. The maximum Gasteiger partial charge on any atom is 0.160 e. The molecule has 0 N–H and O–H groups in total. The standard InChI is InChI=1S/C41H24N6/c42-25-27-6-16-39-35(22-27)36-23-28(26-43)7-17-40(36)47(39)34-14-12-32(13-15-34)38-24-37(45-41(46-38)33-4-2-1-3-5-33)31-10-8-29(9-11-31)30-18-20-44-21-19-30/h1-24H. The van der Waals surface area contributed by atoms with Crippen molar-refractivity contribution in [3.63, 3.8) is 0 Å². The van der Waals surface area contributed by atoms with Crippen LogP contribution in [0.3, 0.4) is 0 Å². The third-order valence-corrected chi connectivity index (χ3v) is 8.40. The van der Waals surface area contributed by atoms with Gasteiger partial charge in [-0.15, -0.1) is 0 Å². The Morgan fingerprint density at radius 1 is 0.468 bits per heavy atom. The highest BCUT2D eigenvalue weighted by atomic mass is 15.0. The summed E-state index contributed by atoms with van der Waals surface area (Å²) >= 11 is 0. The van der Waals surface area contributed by atoms with Crippen LogP contribution in [0.15, 0.2) is 146 Å². The Kier molecular flexibility index (Phi) is 6.80. The summed E-state index contributed by atoms with van der Waals surface area (Å²) in [5, 5.41) is 21.0. The van der Waals surface area contributed by atoms with Crippen LogP contribution in [-0.2, 0) is 0 Å². The molecule has 0 aliphatic carbocycles. The largest absolute Gasteiger partial charge is 0.309 e. The van der Waals surface area contributed by atoms with Gasteiger partial charge in [-0.25, -0.2) is 9.97 Å². The molecule has 0 atom stereocenters. The van der Waals surface area contributed by atoms with E-state index in [9.17, 15) is 10.5 Å². The topological polar surface area (TPSA) is 91.2 Å². The van der Waals surface area contributed by atoms with Crippen LogP contribution in [0.5, 0.6) is 0 Å². The molecule has 5 aromatic carbocycles. The van der Waals surface area contributed by atoms with Crippen LogP contribution < -0.4 is 0 Å². The van der Waals surface area contributed by atoms with E-state index in [2.05, 4.69) is 70.2 Å². The summed E-state index contributed by atoms with van der Waals surface area (Å²) in [5.74, 6) is 0.657. The van der Waals surface area contributed by atoms with Crippen LogP contribution in [0, 0.1) is 22.7 Å². The van der Waals surface area contributed by atoms with E-state index >= 15 is 0 Å². The number of hydrogen-bond acceptors (Lipinski definition) is 5. The maximum atomic E-state index is 9.55. The van der Waals surface area contributed by atoms with Gasteiger partial charge in [-0.3, -0.25) is 4.98 Å². The number of pyridine rings is 1. The number of fused-ring (bicyclic) bond motifs is 3. The highest BCUT2D eigenvalue weighted by molar-refractivity contribution is 6.10. The SMILES string of the molecule is N#Cc1ccc2c(c1)c1cc(C#N)ccc1n2-c1ccc(-c2cc(-c3ccc(-c4ccncc4)cc3)nc(-c3ccccc3)n2)cc1. The minimum Gasteiger partial charge on any atom is -0.309 e. The van der Waals surface area contributed by atoms with Gasteiger partial charge < -0.3 is 4.57 Å². The molecule has 0 saturated heterocycles. The summed E-state index contributed by atoms with van der Waals surface area (Å²) in [6.45, 7) is 0. The number of benzene rings is 5. The summed E-state index contributed by atoms with van der Waals surface area (Å²) in [6.07, 6.45) is 3.60. The zero-order valence-electron chi connectivity index (χ0n) is 25.0. The average molecular weight is 601 g/mol. The molecule has 3 aromatic heterocycles. The Hall–Kier alpha value is -6.89. The first-order valence-corrected chi connectivity index (χ1v) is 15.1. The Labute approximate surface area is 271 Å². The number of rotatable bonds is 5. The molecule has 0 radical (unpaired) electrons. The zero-order valence-corrected chi connectivity index (χ0v) is 25.0. The molecule has 0 aliphatic rings. The Morgan fingerprint density at radius 2 is 0.979 bits per heavy atom. The first-order chi connectivity index (χ1) is 23.2. The lowest BCUT2D eigenvalue weighted by Gasteiger charge is -2.12. The van der Waals surface area contributed by atoms with Crippen molar-refractivity contribution in [3.05, 3.63) is 157 Å². The summed E-state index contributed by atoms with van der Waals surface area (Å²) in [5.41, 5.74) is 10.8. The van der Waals surface area contributed by atoms with Gasteiger partial charge in [-0.05, 0) is 77.9 Å². The lowest BCUT2D eigenvalue weighted by Crippen LogP contribution is -1.97. The molecule has 0 spiro atoms. The molecule has 0 fully saturated rings. The highest BCUT2D eigenvalue weighted by Crippen LogP contribution is 2.35. The molecule has 0 unspecified atom stereocenters. The minimum absolute atomic E-state index is 0.579. The summed E-state index contributed by atoms with van der Waals surface area (Å²) in [4.78, 5) is 14.1. The second kappa shape index (κ2) is 11.6. The van der Waals surface area contributed by atoms with Crippen molar-refractivity contribution in [2.45, 2.75) is 0 Å². The third-order valence-electron chi connectivity index (χ3n) is 8.40. The molecule has 6 heteroatoms. The van der Waals surface area contributed by atoms with Gasteiger partial charge in [0.15, 0.2) is 5.82 Å². The molecule has 8 rings (SSSR count). The van der Waals surface area contributed by atoms with Crippen LogP contribution in [-0.4, -0.2) is 19.5 Å². The van der Waals surface area contributed by atoms with Gasteiger partial charge in [0, 0.05) is 45.5 Å². The van der Waals surface area contributed by atoms with Crippen molar-refractivity contribution in [1.82, 2.24) is 19.5 Å². The van der Waals surface area contributed by atoms with E-state index in [0.717, 1.165) is 66.7 Å². The van der Waals surface area contributed by atoms with Crippen LogP contribution in [0.2, 0.25) is 0 Å². The van der Waals surface area contributed by atoms with Crippen molar-refractivity contribution in [2.75, 3.05) is 0 Å². The number of aromatic nitrogens is 4. The number of nitrogens with zero attached hydrogens (tertiary/aromatic N) is 6. The molecular formula is C41H24N6. The van der Waals surface area contributed by atoms with Crippen LogP contribution in [0.1, 0.15) is 11.1 Å². The van der Waals surface area contributed by atoms with Crippen molar-refractivity contribution < 1.29 is 0 Å². The molecule has 47 heavy (non-hydrogen) atoms. The van der Waals surface area contributed by atoms with Crippen LogP contribution >= 0.6 is 0 Å². The number of nitriles is 2. The second-order valence-corrected chi connectivity index (χ2v) is 11.2. The van der Waals surface area contributed by atoms with Gasteiger partial charge in [-0.1, -0.05) is 66.7 Å². The lowest BCUT2D eigenvalue weighted by molar-refractivity contribution is 1.17. The number of hydrogen-bond donors (Lipinski definition) is 0. The Balaban J connectivity index is 1.23. The normalized spacial score (nSPS) is 10.9. The van der Waals surface area contributed by atoms with Crippen LogP contribution in [0.4, 0.5) is 0 Å². The van der Waals surface area contributed by atoms with E-state index in [4.69, 9.17) is 9.97 Å². The molecule has 0 saturated carbocycles. The Morgan fingerprint density at radius 3 is 1.53 bits per heavy atom. The van der Waals surface area contributed by atoms with E-state index in [-0.39, 0.29) is 0 Å². The zero-order chi connectivity index (χ0) is 31.7. The molecule has 6 nitrogen and oxygen atoms in total. The molecule has 0 aliphatic heterocycles. The van der Waals surface area contributed by atoms with Crippen molar-refractivity contribution in [3.8, 4) is 62.9 Å². The van der Waals surface area contributed by atoms with Gasteiger partial charge >= 0.3 is 0 Å². The first-order valence-electron chi connectivity index (χ1n) is 15.1. The fraction of sp³-hybridized carbons (Fsp3) is 0. The lowest BCUT2D eigenvalue weighted by atomic mass is 10.0. The van der Waals surface area contributed by atoms with Gasteiger partial charge in [-0.2, -0.15) is 10.5 Å². The Bertz CT molecular complexity index is 2430. The molecule has 8 aromatic rings. The smallest absolute Gasteiger partial charge is 0.160 e. The average Bonchev–Trinajstić information content (AvgIpc) is 3.48. The first kappa shape index (κ1) is 27.6. The predicted octanol–water partition coefficient (Wildman–Crippen LogP) is 9.38. The van der Waals surface area contributed by atoms with Gasteiger partial charge in [0.05, 0.1) is 45.7 Å². The van der Waals surface area contributed by atoms with Crippen LogP contribution in [0.25, 0.3) is 72.5 Å². The summed E-state index contributed by atoms with van der Waals surface area (Å²) < 4.78 is 2.17. The van der Waals surface area contributed by atoms with Crippen molar-refractivity contribution in [1.29, 1.82) is 10.5 Å². The van der Waals surface area contributed by atoms with Gasteiger partial charge in [0.2, 0.25) is 0 Å². The summed E-state index contributed by atoms with van der Waals surface area (Å²) in [6, 6.07) is 48.6. The highest BCUT2D eigenvalue weighted by Gasteiger charge is 2.15. The monoisotopic (exact) mass is 600 g/mol. The molecule has 218 valence electrons. The second-order valence-electron chi connectivity index (χ2n) is 11.2. The predicted molar refractivity (Wildman–Crippen MR) is 185 cm³/mol. The minimum atomic E-state index is 0.579. The van der Waals surface area contributed by atoms with E-state index < -0.39 is 0 Å². The third kappa shape index (κ3) is 5.07. The molecule has 0 amide bonds. The molecule has 3 heterocycles. The summed E-state index contributed by atoms with van der Waals surface area (Å²) in [7, 11) is 0. The van der Waals surface area contributed by atoms with E-state index in [1.54, 1.807) is 12.4 Å². The fourth-order valence-electron chi connectivity index (χ4n) is 6.06. The van der Waals surface area contributed by atoms with E-state index in [1.165, 1.54) is 0 Å². The van der Waals surface area contributed by atoms with E-state index in [0.29, 0.717) is 17.0 Å².